The van der Waals surface area contributed by atoms with Crippen LogP contribution in [0.3, 0.4) is 0 Å². The molecule has 1 aromatic carbocycles. The molecule has 1 atom stereocenters. The lowest BCUT2D eigenvalue weighted by Gasteiger charge is -2.19. The number of halogens is 2. The van der Waals surface area contributed by atoms with E-state index in [0.29, 0.717) is 10.5 Å². The van der Waals surface area contributed by atoms with Gasteiger partial charge in [0.2, 0.25) is 0 Å². The number of hydrogen-bond donors (Lipinski definition) is 1. The minimum atomic E-state index is -0.874. The van der Waals surface area contributed by atoms with Gasteiger partial charge in [0.1, 0.15) is 12.4 Å². The molecule has 1 unspecified atom stereocenters. The highest BCUT2D eigenvalue weighted by Crippen LogP contribution is 2.17. The standard InChI is InChI=1S/C13H13ClFN3O3/c1-16(6-8-9(14)4-3-5-10(8)15)7-18-12(20)11(19)17(2)13(18)21/h3-5H,6-7H2,1-2H3/p+1. The van der Waals surface area contributed by atoms with Crippen molar-refractivity contribution in [1.82, 2.24) is 9.80 Å². The Hall–Kier alpha value is -1.99. The van der Waals surface area contributed by atoms with Crippen LogP contribution >= 0.6 is 11.6 Å². The molecule has 0 spiro atoms. The fourth-order valence-corrected chi connectivity index (χ4v) is 2.31. The van der Waals surface area contributed by atoms with Crippen LogP contribution in [0.1, 0.15) is 5.56 Å². The van der Waals surface area contributed by atoms with Gasteiger partial charge in [-0.3, -0.25) is 14.5 Å². The molecule has 0 aliphatic carbocycles. The Kier molecular flexibility index (Phi) is 4.24. The fourth-order valence-electron chi connectivity index (χ4n) is 2.08. The van der Waals surface area contributed by atoms with Crippen LogP contribution in [0.4, 0.5) is 9.18 Å². The van der Waals surface area contributed by atoms with E-state index in [2.05, 4.69) is 0 Å². The number of rotatable bonds is 4. The number of amides is 4. The number of carbonyl (C=O) groups excluding carboxylic acids is 3. The lowest BCUT2D eigenvalue weighted by atomic mass is 10.2. The van der Waals surface area contributed by atoms with Crippen LogP contribution in [0.2, 0.25) is 5.02 Å². The zero-order valence-corrected chi connectivity index (χ0v) is 12.3. The Bertz CT molecular complexity index is 602. The van der Waals surface area contributed by atoms with Crippen LogP contribution in [0, 0.1) is 5.82 Å². The van der Waals surface area contributed by atoms with Gasteiger partial charge in [0.05, 0.1) is 17.6 Å². The first-order chi connectivity index (χ1) is 9.82. The molecule has 0 bridgehead atoms. The largest absolute Gasteiger partial charge is 0.338 e. The molecule has 8 heteroatoms. The number of urea groups is 1. The second-order valence-corrected chi connectivity index (χ2v) is 5.28. The SMILES string of the molecule is CN1C(=O)C(=O)N(C[NH+](C)Cc2c(F)cccc2Cl)C1=O. The molecular formula is C13H14ClFN3O3+. The summed E-state index contributed by atoms with van der Waals surface area (Å²) in [5.41, 5.74) is 0.301. The van der Waals surface area contributed by atoms with Crippen LogP contribution in [0.5, 0.6) is 0 Å². The van der Waals surface area contributed by atoms with Gasteiger partial charge in [0.15, 0.2) is 6.67 Å². The lowest BCUT2D eigenvalue weighted by molar-refractivity contribution is -0.901. The van der Waals surface area contributed by atoms with E-state index in [4.69, 9.17) is 11.6 Å². The molecule has 1 aromatic rings. The Morgan fingerprint density at radius 1 is 1.24 bits per heavy atom. The highest BCUT2D eigenvalue weighted by molar-refractivity contribution is 6.44. The Balaban J connectivity index is 2.09. The van der Waals surface area contributed by atoms with Crippen molar-refractivity contribution < 1.29 is 23.7 Å². The molecule has 1 fully saturated rings. The summed E-state index contributed by atoms with van der Waals surface area (Å²) in [6, 6.07) is 3.68. The number of imide groups is 2. The van der Waals surface area contributed by atoms with E-state index in [0.717, 1.165) is 9.80 Å². The molecule has 1 saturated heterocycles. The maximum absolute atomic E-state index is 13.7. The van der Waals surface area contributed by atoms with Crippen molar-refractivity contribution in [1.29, 1.82) is 0 Å². The lowest BCUT2D eigenvalue weighted by Crippen LogP contribution is -3.09. The van der Waals surface area contributed by atoms with E-state index < -0.39 is 23.7 Å². The van der Waals surface area contributed by atoms with Gasteiger partial charge < -0.3 is 4.90 Å². The summed E-state index contributed by atoms with van der Waals surface area (Å²) in [7, 11) is 2.91. The van der Waals surface area contributed by atoms with E-state index in [-0.39, 0.29) is 18.2 Å². The number of nitrogens with zero attached hydrogens (tertiary/aromatic N) is 2. The predicted octanol–water partition coefficient (Wildman–Crippen LogP) is -0.128. The number of carbonyl (C=O) groups is 3. The molecule has 1 N–H and O–H groups in total. The van der Waals surface area contributed by atoms with Crippen LogP contribution in [-0.2, 0) is 16.1 Å². The number of nitrogens with one attached hydrogen (secondary N) is 1. The Morgan fingerprint density at radius 3 is 2.43 bits per heavy atom. The van der Waals surface area contributed by atoms with Crippen molar-refractivity contribution in [3.05, 3.63) is 34.6 Å². The van der Waals surface area contributed by atoms with Crippen molar-refractivity contribution in [2.24, 2.45) is 0 Å². The summed E-state index contributed by atoms with van der Waals surface area (Å²) in [5.74, 6) is -2.19. The molecule has 112 valence electrons. The molecule has 0 saturated carbocycles. The molecule has 1 heterocycles. The van der Waals surface area contributed by atoms with Crippen molar-refractivity contribution in [3.8, 4) is 0 Å². The molecule has 1 aliphatic rings. The van der Waals surface area contributed by atoms with E-state index in [9.17, 15) is 18.8 Å². The van der Waals surface area contributed by atoms with Gasteiger partial charge in [-0.1, -0.05) is 17.7 Å². The molecule has 6 nitrogen and oxygen atoms in total. The first-order valence-electron chi connectivity index (χ1n) is 6.20. The van der Waals surface area contributed by atoms with Crippen molar-refractivity contribution in [2.45, 2.75) is 6.54 Å². The highest BCUT2D eigenvalue weighted by atomic mass is 35.5. The van der Waals surface area contributed by atoms with E-state index in [1.54, 1.807) is 13.1 Å². The quantitative estimate of drug-likeness (QED) is 0.622. The Morgan fingerprint density at radius 2 is 1.90 bits per heavy atom. The fraction of sp³-hybridized carbons (Fsp3) is 0.308. The molecule has 2 rings (SSSR count). The summed E-state index contributed by atoms with van der Waals surface area (Å²) in [6.45, 7) is 0.138. The third-order valence-corrected chi connectivity index (χ3v) is 3.57. The number of quaternary nitrogens is 1. The van der Waals surface area contributed by atoms with Gasteiger partial charge in [-0.2, -0.15) is 0 Å². The van der Waals surface area contributed by atoms with Gasteiger partial charge >= 0.3 is 17.8 Å². The molecule has 0 aromatic heterocycles. The summed E-state index contributed by atoms with van der Waals surface area (Å²) in [4.78, 5) is 37.0. The molecule has 1 aliphatic heterocycles. The summed E-state index contributed by atoms with van der Waals surface area (Å²) in [6.07, 6.45) is 0. The average molecular weight is 315 g/mol. The number of benzene rings is 1. The van der Waals surface area contributed by atoms with Crippen LogP contribution in [-0.4, -0.2) is 48.4 Å². The van der Waals surface area contributed by atoms with Gasteiger partial charge in [0.25, 0.3) is 0 Å². The smallest absolute Gasteiger partial charge is 0.316 e. The maximum Gasteiger partial charge on any atom is 0.338 e. The van der Waals surface area contributed by atoms with E-state index >= 15 is 0 Å². The second kappa shape index (κ2) is 5.79. The van der Waals surface area contributed by atoms with Gasteiger partial charge in [-0.25, -0.2) is 14.1 Å². The molecule has 21 heavy (non-hydrogen) atoms. The summed E-state index contributed by atoms with van der Waals surface area (Å²) >= 11 is 5.93. The number of likely N-dealkylation sites (N-methyl/N-ethyl adjacent to an activating group) is 1. The zero-order valence-electron chi connectivity index (χ0n) is 11.5. The van der Waals surface area contributed by atoms with Gasteiger partial charge in [-0.05, 0) is 12.1 Å². The zero-order chi connectivity index (χ0) is 15.7. The third-order valence-electron chi connectivity index (χ3n) is 3.22. The second-order valence-electron chi connectivity index (χ2n) is 4.87. The van der Waals surface area contributed by atoms with Crippen LogP contribution < -0.4 is 4.90 Å². The average Bonchev–Trinajstić information content (AvgIpc) is 2.61. The normalized spacial score (nSPS) is 16.9. The van der Waals surface area contributed by atoms with Crippen molar-refractivity contribution in [2.75, 3.05) is 20.8 Å². The van der Waals surface area contributed by atoms with Crippen molar-refractivity contribution >= 4 is 29.4 Å². The maximum atomic E-state index is 13.7. The molecule has 0 radical (unpaired) electrons. The minimum Gasteiger partial charge on any atom is -0.316 e. The first-order valence-corrected chi connectivity index (χ1v) is 6.58. The summed E-state index contributed by atoms with van der Waals surface area (Å²) in [5, 5.41) is 0.279. The van der Waals surface area contributed by atoms with Crippen LogP contribution in [0.15, 0.2) is 18.2 Å². The monoisotopic (exact) mass is 314 g/mol. The predicted molar refractivity (Wildman–Crippen MR) is 71.9 cm³/mol. The number of hydrogen-bond acceptors (Lipinski definition) is 3. The summed E-state index contributed by atoms with van der Waals surface area (Å²) < 4.78 is 13.7. The third kappa shape index (κ3) is 2.88. The molecule has 4 amide bonds. The minimum absolute atomic E-state index is 0.0432. The van der Waals surface area contributed by atoms with Crippen LogP contribution in [0.25, 0.3) is 0 Å². The topological polar surface area (TPSA) is 62.1 Å². The Labute approximate surface area is 125 Å². The van der Waals surface area contributed by atoms with Crippen molar-refractivity contribution in [3.63, 3.8) is 0 Å². The van der Waals surface area contributed by atoms with E-state index in [1.165, 1.54) is 19.2 Å². The first kappa shape index (κ1) is 15.4. The van der Waals surface area contributed by atoms with Gasteiger partial charge in [0, 0.05) is 7.05 Å². The van der Waals surface area contributed by atoms with Gasteiger partial charge in [-0.15, -0.1) is 0 Å². The highest BCUT2D eigenvalue weighted by Gasteiger charge is 2.43. The molecular weight excluding hydrogens is 301 g/mol. The van der Waals surface area contributed by atoms with E-state index in [1.807, 2.05) is 0 Å².